The van der Waals surface area contributed by atoms with Gasteiger partial charge >= 0.3 is 0 Å². The number of morpholine rings is 1. The molecule has 1 aliphatic rings. The molecule has 2 aromatic heterocycles. The summed E-state index contributed by atoms with van der Waals surface area (Å²) in [4.78, 5) is 33.8. The Balaban J connectivity index is 1.57. The van der Waals surface area contributed by atoms with Crippen molar-refractivity contribution in [1.82, 2.24) is 14.9 Å². The van der Waals surface area contributed by atoms with E-state index in [1.807, 2.05) is 11.4 Å². The Morgan fingerprint density at radius 1 is 1.40 bits per heavy atom. The molecule has 9 heteroatoms. The first kappa shape index (κ1) is 22.2. The molecule has 1 saturated heterocycles. The van der Waals surface area contributed by atoms with Gasteiger partial charge in [0, 0.05) is 37.1 Å². The van der Waals surface area contributed by atoms with Crippen molar-refractivity contribution >= 4 is 22.4 Å². The monoisotopic (exact) mass is 429 g/mol. The van der Waals surface area contributed by atoms with Gasteiger partial charge in [-0.05, 0) is 45.2 Å². The Bertz CT molecular complexity index is 1010. The van der Waals surface area contributed by atoms with Crippen LogP contribution in [0.5, 0.6) is 0 Å². The lowest BCUT2D eigenvalue weighted by atomic mass is 9.99. The number of carbonyl (C=O) groups excluding carboxylic acids is 1. The smallest absolute Gasteiger partial charge is 0.266 e. The molecule has 2 aromatic rings. The first-order valence-electron chi connectivity index (χ1n) is 10.0. The number of rotatable bonds is 6. The number of aromatic nitrogens is 2. The Kier molecular flexibility index (Phi) is 7.02. The van der Waals surface area contributed by atoms with Crippen LogP contribution in [-0.4, -0.2) is 46.1 Å². The van der Waals surface area contributed by atoms with Crippen molar-refractivity contribution in [2.75, 3.05) is 18.4 Å². The van der Waals surface area contributed by atoms with Gasteiger partial charge in [0.05, 0.1) is 17.9 Å². The number of aryl methyl sites for hydroxylation is 1. The van der Waals surface area contributed by atoms with Crippen molar-refractivity contribution in [2.24, 2.45) is 0 Å². The Morgan fingerprint density at radius 2 is 2.10 bits per heavy atom. The van der Waals surface area contributed by atoms with E-state index in [0.717, 1.165) is 30.9 Å². The number of hydrogen-bond donors (Lipinski definition) is 2. The molecule has 160 valence electrons. The summed E-state index contributed by atoms with van der Waals surface area (Å²) in [6.45, 7) is 10.1. The van der Waals surface area contributed by atoms with E-state index >= 15 is 0 Å². The van der Waals surface area contributed by atoms with Crippen molar-refractivity contribution in [3.05, 3.63) is 43.8 Å². The third-order valence-electron chi connectivity index (χ3n) is 5.20. The maximum Gasteiger partial charge on any atom is 0.266 e. The number of ether oxygens (including phenoxy) is 1. The van der Waals surface area contributed by atoms with Crippen molar-refractivity contribution in [3.63, 3.8) is 0 Å². The van der Waals surface area contributed by atoms with E-state index in [9.17, 15) is 9.59 Å². The largest absolute Gasteiger partial charge is 0.373 e. The summed E-state index contributed by atoms with van der Waals surface area (Å²) in [5, 5.41) is 14.6. The van der Waals surface area contributed by atoms with Crippen molar-refractivity contribution in [1.29, 1.82) is 5.26 Å². The van der Waals surface area contributed by atoms with Crippen molar-refractivity contribution in [2.45, 2.75) is 59.3 Å². The van der Waals surface area contributed by atoms with Crippen LogP contribution in [0.2, 0.25) is 0 Å². The molecular weight excluding hydrogens is 402 g/mol. The van der Waals surface area contributed by atoms with Crippen LogP contribution in [0.1, 0.15) is 48.3 Å². The number of nitriles is 1. The lowest BCUT2D eigenvalue weighted by Crippen LogP contribution is -2.44. The van der Waals surface area contributed by atoms with Gasteiger partial charge in [-0.25, -0.2) is 4.98 Å². The predicted octanol–water partition coefficient (Wildman–Crippen LogP) is 2.50. The molecule has 30 heavy (non-hydrogen) atoms. The molecule has 3 heterocycles. The van der Waals surface area contributed by atoms with Crippen molar-refractivity contribution < 1.29 is 9.53 Å². The first-order chi connectivity index (χ1) is 14.3. The second-order valence-corrected chi connectivity index (χ2v) is 8.67. The molecule has 1 amide bonds. The first-order valence-corrected chi connectivity index (χ1v) is 10.9. The standard InChI is InChI=1S/C21H27N5O3S/c1-12-8-26(9-13(2)29-12)10-16-11-30-21(24-16)25-19(27)6-5-17-14(3)18(7-22)20(28)23-15(17)4/h11-13H,5-6,8-10H2,1-4H3,(H,23,28)(H,24,25,27). The summed E-state index contributed by atoms with van der Waals surface area (Å²) in [6.07, 6.45) is 1.09. The zero-order chi connectivity index (χ0) is 21.8. The third kappa shape index (κ3) is 5.33. The average Bonchev–Trinajstić information content (AvgIpc) is 3.07. The van der Waals surface area contributed by atoms with E-state index in [4.69, 9.17) is 10.00 Å². The number of nitrogens with zero attached hydrogens (tertiary/aromatic N) is 3. The number of pyridine rings is 1. The summed E-state index contributed by atoms with van der Waals surface area (Å²) in [5.41, 5.74) is 2.80. The summed E-state index contributed by atoms with van der Waals surface area (Å²) >= 11 is 1.41. The molecule has 1 fully saturated rings. The number of nitrogens with one attached hydrogen (secondary N) is 2. The molecular formula is C21H27N5O3S. The fourth-order valence-electron chi connectivity index (χ4n) is 3.92. The lowest BCUT2D eigenvalue weighted by Gasteiger charge is -2.34. The molecule has 0 aliphatic carbocycles. The highest BCUT2D eigenvalue weighted by atomic mass is 32.1. The minimum Gasteiger partial charge on any atom is -0.373 e. The van der Waals surface area contributed by atoms with Crippen LogP contribution in [0.25, 0.3) is 0 Å². The van der Waals surface area contributed by atoms with Crippen molar-refractivity contribution in [3.8, 4) is 6.07 Å². The van der Waals surface area contributed by atoms with E-state index in [1.165, 1.54) is 11.3 Å². The molecule has 0 spiro atoms. The fourth-order valence-corrected chi connectivity index (χ4v) is 4.64. The average molecular weight is 430 g/mol. The van der Waals surface area contributed by atoms with Gasteiger partial charge in [-0.2, -0.15) is 5.26 Å². The van der Waals surface area contributed by atoms with E-state index in [0.29, 0.717) is 22.8 Å². The summed E-state index contributed by atoms with van der Waals surface area (Å²) in [6, 6.07) is 1.94. The molecule has 1 aliphatic heterocycles. The molecule has 0 aromatic carbocycles. The topological polar surface area (TPSA) is 111 Å². The molecule has 0 bridgehead atoms. The fraction of sp³-hybridized carbons (Fsp3) is 0.524. The highest BCUT2D eigenvalue weighted by Crippen LogP contribution is 2.20. The second kappa shape index (κ2) is 9.51. The van der Waals surface area contributed by atoms with Gasteiger partial charge in [0.15, 0.2) is 5.13 Å². The summed E-state index contributed by atoms with van der Waals surface area (Å²) in [7, 11) is 0. The van der Waals surface area contributed by atoms with Crippen LogP contribution < -0.4 is 10.9 Å². The number of H-pyrrole nitrogens is 1. The highest BCUT2D eigenvalue weighted by Gasteiger charge is 2.23. The third-order valence-corrected chi connectivity index (χ3v) is 6.01. The SMILES string of the molecule is Cc1[nH]c(=O)c(C#N)c(C)c1CCC(=O)Nc1nc(CN2CC(C)OC(C)C2)cs1. The molecule has 0 saturated carbocycles. The van der Waals surface area contributed by atoms with Crippen LogP contribution in [0.15, 0.2) is 10.2 Å². The van der Waals surface area contributed by atoms with Crippen LogP contribution in [0.3, 0.4) is 0 Å². The van der Waals surface area contributed by atoms with Gasteiger partial charge < -0.3 is 15.0 Å². The molecule has 3 rings (SSSR count). The minimum atomic E-state index is -0.389. The van der Waals surface area contributed by atoms with Gasteiger partial charge in [0.1, 0.15) is 11.6 Å². The zero-order valence-corrected chi connectivity index (χ0v) is 18.6. The van der Waals surface area contributed by atoms with E-state index < -0.39 is 0 Å². The lowest BCUT2D eigenvalue weighted by molar-refractivity contribution is -0.116. The normalized spacial score (nSPS) is 19.4. The number of aromatic amines is 1. The van der Waals surface area contributed by atoms with Gasteiger partial charge in [-0.3, -0.25) is 14.5 Å². The maximum absolute atomic E-state index is 12.4. The highest BCUT2D eigenvalue weighted by molar-refractivity contribution is 7.13. The molecule has 2 N–H and O–H groups in total. The Labute approximate surface area is 179 Å². The number of carbonyl (C=O) groups is 1. The van der Waals surface area contributed by atoms with Crippen LogP contribution in [0, 0.1) is 25.2 Å². The van der Waals surface area contributed by atoms with Gasteiger partial charge in [-0.15, -0.1) is 11.3 Å². The van der Waals surface area contributed by atoms with Crippen LogP contribution in [0.4, 0.5) is 5.13 Å². The van der Waals surface area contributed by atoms with E-state index in [1.54, 1.807) is 13.8 Å². The number of thiazole rings is 1. The minimum absolute atomic E-state index is 0.104. The van der Waals surface area contributed by atoms with Gasteiger partial charge in [0.2, 0.25) is 5.91 Å². The molecule has 8 nitrogen and oxygen atoms in total. The van der Waals surface area contributed by atoms with E-state index in [2.05, 4.69) is 34.0 Å². The molecule has 2 unspecified atom stereocenters. The van der Waals surface area contributed by atoms with E-state index in [-0.39, 0.29) is 35.7 Å². The quantitative estimate of drug-likeness (QED) is 0.730. The maximum atomic E-state index is 12.4. The number of amides is 1. The Hall–Kier alpha value is -2.54. The van der Waals surface area contributed by atoms with Gasteiger partial charge in [0.25, 0.3) is 5.56 Å². The molecule has 2 atom stereocenters. The number of hydrogen-bond acceptors (Lipinski definition) is 7. The Morgan fingerprint density at radius 3 is 2.77 bits per heavy atom. The van der Waals surface area contributed by atoms with Crippen LogP contribution in [-0.2, 0) is 22.5 Å². The van der Waals surface area contributed by atoms with Crippen LogP contribution >= 0.6 is 11.3 Å². The van der Waals surface area contributed by atoms with Gasteiger partial charge in [-0.1, -0.05) is 0 Å². The number of anilines is 1. The molecule has 0 radical (unpaired) electrons. The summed E-state index contributed by atoms with van der Waals surface area (Å²) in [5.74, 6) is -0.145. The second-order valence-electron chi connectivity index (χ2n) is 7.81. The summed E-state index contributed by atoms with van der Waals surface area (Å²) < 4.78 is 5.76. The zero-order valence-electron chi connectivity index (χ0n) is 17.7. The predicted molar refractivity (Wildman–Crippen MR) is 116 cm³/mol.